The second-order valence-corrected chi connectivity index (χ2v) is 7.72. The molecule has 1 atom stereocenters. The average molecular weight is 390 g/mol. The number of benzene rings is 1. The van der Waals surface area contributed by atoms with Crippen molar-refractivity contribution in [1.29, 1.82) is 0 Å². The molecule has 0 aliphatic rings. The molecule has 0 unspecified atom stereocenters. The number of carbonyl (C=O) groups is 1. The van der Waals surface area contributed by atoms with Crippen LogP contribution in [0.25, 0.3) is 0 Å². The third-order valence-corrected chi connectivity index (χ3v) is 4.84. The zero-order valence-electron chi connectivity index (χ0n) is 13.9. The summed E-state index contributed by atoms with van der Waals surface area (Å²) in [5.41, 5.74) is 6.25. The number of hydrogen-bond donors (Lipinski definition) is 2. The van der Waals surface area contributed by atoms with E-state index in [0.29, 0.717) is 10.7 Å². The Balaban J connectivity index is 0.00000288. The number of nitrogens with two attached hydrogens (primary N) is 1. The molecule has 0 aliphatic carbocycles. The van der Waals surface area contributed by atoms with Crippen molar-refractivity contribution in [3.8, 4) is 0 Å². The summed E-state index contributed by atoms with van der Waals surface area (Å²) in [5, 5.41) is 11.9. The summed E-state index contributed by atoms with van der Waals surface area (Å²) < 4.78 is 1.80. The summed E-state index contributed by atoms with van der Waals surface area (Å²) in [6.07, 6.45) is 1.62. The van der Waals surface area contributed by atoms with Crippen molar-refractivity contribution in [2.24, 2.45) is 18.2 Å². The molecule has 0 saturated heterocycles. The van der Waals surface area contributed by atoms with Crippen LogP contribution in [0.15, 0.2) is 34.6 Å². The molecule has 0 saturated carbocycles. The van der Waals surface area contributed by atoms with E-state index in [1.807, 2.05) is 33.9 Å². The standard InChI is InChI=1S/C15H20ClN5OS.ClH/c1-15(2,3)12(17)13(22)19-9-5-6-11(10(16)7-9)23-14-20-18-8-21(14)4;/h5-8,12H,17H2,1-4H3,(H,19,22);1H/t12-;/m1./s1. The highest BCUT2D eigenvalue weighted by Crippen LogP contribution is 2.33. The molecule has 1 amide bonds. The second kappa shape index (κ2) is 8.20. The predicted octanol–water partition coefficient (Wildman–Crippen LogP) is 3.35. The maximum absolute atomic E-state index is 12.2. The SMILES string of the molecule is Cl.Cn1cnnc1Sc1ccc(NC(=O)[C@@H](N)C(C)(C)C)cc1Cl. The molecule has 24 heavy (non-hydrogen) atoms. The Kier molecular flexibility index (Phi) is 7.10. The number of rotatable bonds is 4. The summed E-state index contributed by atoms with van der Waals surface area (Å²) in [4.78, 5) is 13.0. The number of anilines is 1. The lowest BCUT2D eigenvalue weighted by Gasteiger charge is -2.25. The first-order chi connectivity index (χ1) is 10.7. The van der Waals surface area contributed by atoms with E-state index < -0.39 is 6.04 Å². The average Bonchev–Trinajstić information content (AvgIpc) is 2.85. The number of halogens is 2. The van der Waals surface area contributed by atoms with Crippen LogP contribution in [0.3, 0.4) is 0 Å². The summed E-state index contributed by atoms with van der Waals surface area (Å²) in [5.74, 6) is -0.234. The van der Waals surface area contributed by atoms with Crippen molar-refractivity contribution in [3.05, 3.63) is 29.5 Å². The minimum atomic E-state index is -0.603. The molecule has 1 aromatic carbocycles. The van der Waals surface area contributed by atoms with Crippen LogP contribution < -0.4 is 11.1 Å². The maximum Gasteiger partial charge on any atom is 0.241 e. The summed E-state index contributed by atoms with van der Waals surface area (Å²) in [7, 11) is 1.86. The molecule has 2 aromatic rings. The van der Waals surface area contributed by atoms with Gasteiger partial charge in [0.25, 0.3) is 0 Å². The molecule has 1 aromatic heterocycles. The normalized spacial score (nSPS) is 12.4. The lowest BCUT2D eigenvalue weighted by atomic mass is 9.87. The van der Waals surface area contributed by atoms with Crippen LogP contribution in [-0.4, -0.2) is 26.7 Å². The van der Waals surface area contributed by atoms with E-state index in [1.54, 1.807) is 23.0 Å². The van der Waals surface area contributed by atoms with Gasteiger partial charge in [-0.05, 0) is 35.4 Å². The molecule has 1 heterocycles. The highest BCUT2D eigenvalue weighted by Gasteiger charge is 2.27. The fourth-order valence-corrected chi connectivity index (χ4v) is 2.80. The van der Waals surface area contributed by atoms with Gasteiger partial charge in [0.2, 0.25) is 5.91 Å². The number of nitrogens with zero attached hydrogens (tertiary/aromatic N) is 3. The fourth-order valence-electron chi connectivity index (χ4n) is 1.74. The van der Waals surface area contributed by atoms with Gasteiger partial charge in [0.1, 0.15) is 6.33 Å². The predicted molar refractivity (Wildman–Crippen MR) is 99.9 cm³/mol. The number of nitrogens with one attached hydrogen (secondary N) is 1. The van der Waals surface area contributed by atoms with E-state index >= 15 is 0 Å². The summed E-state index contributed by atoms with van der Waals surface area (Å²) in [6.45, 7) is 5.76. The van der Waals surface area contributed by atoms with Gasteiger partial charge in [0.05, 0.1) is 11.1 Å². The van der Waals surface area contributed by atoms with Crippen LogP contribution in [-0.2, 0) is 11.8 Å². The van der Waals surface area contributed by atoms with Crippen LogP contribution in [0, 0.1) is 5.41 Å². The van der Waals surface area contributed by atoms with Crippen LogP contribution in [0.2, 0.25) is 5.02 Å². The van der Waals surface area contributed by atoms with Gasteiger partial charge in [-0.1, -0.05) is 32.4 Å². The molecule has 9 heteroatoms. The molecule has 0 aliphatic heterocycles. The van der Waals surface area contributed by atoms with Crippen molar-refractivity contribution in [1.82, 2.24) is 14.8 Å². The number of hydrogen-bond acceptors (Lipinski definition) is 5. The Hall–Kier alpha value is -1.28. The minimum absolute atomic E-state index is 0. The molecule has 0 bridgehead atoms. The zero-order valence-corrected chi connectivity index (χ0v) is 16.3. The zero-order chi connectivity index (χ0) is 17.2. The Labute approximate surface area is 157 Å². The summed E-state index contributed by atoms with van der Waals surface area (Å²) >= 11 is 7.70. The van der Waals surface area contributed by atoms with Crippen molar-refractivity contribution in [3.63, 3.8) is 0 Å². The van der Waals surface area contributed by atoms with Gasteiger partial charge in [-0.25, -0.2) is 0 Å². The van der Waals surface area contributed by atoms with E-state index in [-0.39, 0.29) is 23.7 Å². The molecule has 0 fully saturated rings. The summed E-state index contributed by atoms with van der Waals surface area (Å²) in [6, 6.07) is 4.72. The number of aryl methyl sites for hydroxylation is 1. The first-order valence-corrected chi connectivity index (χ1v) is 8.26. The van der Waals surface area contributed by atoms with Crippen molar-refractivity contribution in [2.45, 2.75) is 36.9 Å². The molecular weight excluding hydrogens is 369 g/mol. The van der Waals surface area contributed by atoms with E-state index in [4.69, 9.17) is 17.3 Å². The molecule has 2 rings (SSSR count). The van der Waals surface area contributed by atoms with Crippen molar-refractivity contribution >= 4 is 47.4 Å². The van der Waals surface area contributed by atoms with Crippen LogP contribution >= 0.6 is 35.8 Å². The fraction of sp³-hybridized carbons (Fsp3) is 0.400. The van der Waals surface area contributed by atoms with Crippen LogP contribution in [0.4, 0.5) is 5.69 Å². The Morgan fingerprint density at radius 2 is 2.08 bits per heavy atom. The molecule has 6 nitrogen and oxygen atoms in total. The van der Waals surface area contributed by atoms with Crippen LogP contribution in [0.5, 0.6) is 0 Å². The molecular formula is C15H21Cl2N5OS. The highest BCUT2D eigenvalue weighted by atomic mass is 35.5. The molecule has 132 valence electrons. The van der Waals surface area contributed by atoms with Crippen molar-refractivity contribution in [2.75, 3.05) is 5.32 Å². The number of carbonyl (C=O) groups excluding carboxylic acids is 1. The Morgan fingerprint density at radius 3 is 2.58 bits per heavy atom. The second-order valence-electron chi connectivity index (χ2n) is 6.30. The van der Waals surface area contributed by atoms with E-state index in [2.05, 4.69) is 15.5 Å². The van der Waals surface area contributed by atoms with Gasteiger partial charge >= 0.3 is 0 Å². The maximum atomic E-state index is 12.2. The lowest BCUT2D eigenvalue weighted by molar-refractivity contribution is -0.119. The van der Waals surface area contributed by atoms with Gasteiger partial charge < -0.3 is 15.6 Å². The first kappa shape index (κ1) is 20.8. The minimum Gasteiger partial charge on any atom is -0.325 e. The molecule has 3 N–H and O–H groups in total. The lowest BCUT2D eigenvalue weighted by Crippen LogP contribution is -2.45. The Morgan fingerprint density at radius 1 is 1.42 bits per heavy atom. The quantitative estimate of drug-likeness (QED) is 0.836. The number of aromatic nitrogens is 3. The van der Waals surface area contributed by atoms with Crippen molar-refractivity contribution < 1.29 is 4.79 Å². The van der Waals surface area contributed by atoms with Gasteiger partial charge in [0, 0.05) is 17.6 Å². The van der Waals surface area contributed by atoms with Crippen LogP contribution in [0.1, 0.15) is 20.8 Å². The van der Waals surface area contributed by atoms with Gasteiger partial charge in [-0.15, -0.1) is 22.6 Å². The van der Waals surface area contributed by atoms with Gasteiger partial charge in [-0.3, -0.25) is 4.79 Å². The largest absolute Gasteiger partial charge is 0.325 e. The Bertz CT molecular complexity index is 714. The van der Waals surface area contributed by atoms with E-state index in [0.717, 1.165) is 10.1 Å². The smallest absolute Gasteiger partial charge is 0.241 e. The number of amides is 1. The van der Waals surface area contributed by atoms with Gasteiger partial charge in [0.15, 0.2) is 5.16 Å². The molecule has 0 radical (unpaired) electrons. The third-order valence-electron chi connectivity index (χ3n) is 3.29. The highest BCUT2D eigenvalue weighted by molar-refractivity contribution is 7.99. The topological polar surface area (TPSA) is 85.8 Å². The monoisotopic (exact) mass is 389 g/mol. The van der Waals surface area contributed by atoms with E-state index in [1.165, 1.54) is 11.8 Å². The third kappa shape index (κ3) is 5.11. The first-order valence-electron chi connectivity index (χ1n) is 7.06. The molecule has 0 spiro atoms. The van der Waals surface area contributed by atoms with E-state index in [9.17, 15) is 4.79 Å². The van der Waals surface area contributed by atoms with Gasteiger partial charge in [-0.2, -0.15) is 0 Å².